The van der Waals surface area contributed by atoms with Gasteiger partial charge in [0.25, 0.3) is 0 Å². The molecule has 2 rings (SSSR count). The lowest BCUT2D eigenvalue weighted by atomic mass is 10.2. The molecule has 1 heterocycles. The minimum absolute atomic E-state index is 0.395. The maximum absolute atomic E-state index is 5.64. The monoisotopic (exact) mass is 299 g/mol. The lowest BCUT2D eigenvalue weighted by Gasteiger charge is -2.07. The SMILES string of the molecule is Cc1ccc(Br)cc1OCc1nnc(N)s1. The maximum Gasteiger partial charge on any atom is 0.203 e. The van der Waals surface area contributed by atoms with E-state index in [1.165, 1.54) is 11.3 Å². The van der Waals surface area contributed by atoms with Crippen LogP contribution in [0, 0.1) is 6.92 Å². The van der Waals surface area contributed by atoms with Crippen molar-refractivity contribution in [2.45, 2.75) is 13.5 Å². The smallest absolute Gasteiger partial charge is 0.203 e. The van der Waals surface area contributed by atoms with Crippen LogP contribution in [-0.2, 0) is 6.61 Å². The molecule has 0 saturated heterocycles. The van der Waals surface area contributed by atoms with Crippen LogP contribution in [-0.4, -0.2) is 10.2 Å². The number of halogens is 1. The fourth-order valence-corrected chi connectivity index (χ4v) is 2.06. The van der Waals surface area contributed by atoms with Crippen molar-refractivity contribution in [3.8, 4) is 5.75 Å². The third-order valence-corrected chi connectivity index (χ3v) is 3.20. The molecule has 2 N–H and O–H groups in total. The number of nitrogens with two attached hydrogens (primary N) is 1. The fraction of sp³-hybridized carbons (Fsp3) is 0.200. The van der Waals surface area contributed by atoms with Crippen molar-refractivity contribution < 1.29 is 4.74 Å². The fourth-order valence-electron chi connectivity index (χ4n) is 1.19. The predicted octanol–water partition coefficient (Wildman–Crippen LogP) is 2.77. The number of ether oxygens (including phenoxy) is 1. The minimum Gasteiger partial charge on any atom is -0.486 e. The van der Waals surface area contributed by atoms with Crippen LogP contribution in [0.25, 0.3) is 0 Å². The summed E-state index contributed by atoms with van der Waals surface area (Å²) in [6.07, 6.45) is 0. The van der Waals surface area contributed by atoms with E-state index in [1.54, 1.807) is 0 Å². The van der Waals surface area contributed by atoms with Gasteiger partial charge in [-0.25, -0.2) is 0 Å². The number of nitrogen functional groups attached to an aromatic ring is 1. The Bertz CT molecular complexity index is 501. The summed E-state index contributed by atoms with van der Waals surface area (Å²) in [6.45, 7) is 2.39. The summed E-state index contributed by atoms with van der Waals surface area (Å²) < 4.78 is 6.63. The van der Waals surface area contributed by atoms with Gasteiger partial charge in [-0.15, -0.1) is 10.2 Å². The van der Waals surface area contributed by atoms with E-state index in [4.69, 9.17) is 10.5 Å². The van der Waals surface area contributed by atoms with Gasteiger partial charge >= 0.3 is 0 Å². The summed E-state index contributed by atoms with van der Waals surface area (Å²) in [6, 6.07) is 5.90. The number of benzene rings is 1. The first-order valence-corrected chi connectivity index (χ1v) is 6.23. The zero-order valence-corrected chi connectivity index (χ0v) is 11.0. The molecule has 0 bridgehead atoms. The molecule has 1 aromatic heterocycles. The lowest BCUT2D eigenvalue weighted by molar-refractivity contribution is 0.302. The second-order valence-electron chi connectivity index (χ2n) is 3.23. The molecule has 2 aromatic rings. The van der Waals surface area contributed by atoms with Crippen molar-refractivity contribution >= 4 is 32.4 Å². The molecule has 1 aromatic carbocycles. The highest BCUT2D eigenvalue weighted by atomic mass is 79.9. The topological polar surface area (TPSA) is 61.0 Å². The molecule has 16 heavy (non-hydrogen) atoms. The van der Waals surface area contributed by atoms with Crippen molar-refractivity contribution in [1.82, 2.24) is 10.2 Å². The van der Waals surface area contributed by atoms with Crippen LogP contribution in [0.15, 0.2) is 22.7 Å². The van der Waals surface area contributed by atoms with Crippen LogP contribution >= 0.6 is 27.3 Å². The molecule has 0 spiro atoms. The molecular formula is C10H10BrN3OS. The number of nitrogens with zero attached hydrogens (tertiary/aromatic N) is 2. The van der Waals surface area contributed by atoms with E-state index in [9.17, 15) is 0 Å². The van der Waals surface area contributed by atoms with Crippen molar-refractivity contribution in [3.05, 3.63) is 33.2 Å². The molecule has 0 aliphatic rings. The van der Waals surface area contributed by atoms with Gasteiger partial charge in [-0.05, 0) is 24.6 Å². The Morgan fingerprint density at radius 3 is 2.94 bits per heavy atom. The number of anilines is 1. The van der Waals surface area contributed by atoms with Gasteiger partial charge < -0.3 is 10.5 Å². The van der Waals surface area contributed by atoms with Gasteiger partial charge in [0, 0.05) is 4.47 Å². The molecule has 0 radical (unpaired) electrons. The van der Waals surface area contributed by atoms with E-state index in [0.717, 1.165) is 20.8 Å². The molecule has 0 atom stereocenters. The molecule has 0 unspecified atom stereocenters. The molecule has 0 saturated carbocycles. The molecule has 0 aliphatic heterocycles. The van der Waals surface area contributed by atoms with Crippen LogP contribution in [0.4, 0.5) is 5.13 Å². The Hall–Kier alpha value is -1.14. The first kappa shape index (κ1) is 11.3. The molecule has 4 nitrogen and oxygen atoms in total. The first-order valence-electron chi connectivity index (χ1n) is 4.62. The van der Waals surface area contributed by atoms with Crippen molar-refractivity contribution in [2.24, 2.45) is 0 Å². The standard InChI is InChI=1S/C10H10BrN3OS/c1-6-2-3-7(11)4-8(6)15-5-9-13-14-10(12)16-9/h2-4H,5H2,1H3,(H2,12,14). The Labute approximate surface area is 106 Å². The van der Waals surface area contributed by atoms with Gasteiger partial charge in [-0.1, -0.05) is 33.3 Å². The number of hydrogen-bond acceptors (Lipinski definition) is 5. The predicted molar refractivity (Wildman–Crippen MR) is 67.5 cm³/mol. The third kappa shape index (κ3) is 2.70. The third-order valence-electron chi connectivity index (χ3n) is 1.98. The largest absolute Gasteiger partial charge is 0.486 e. The van der Waals surface area contributed by atoms with Crippen molar-refractivity contribution in [1.29, 1.82) is 0 Å². The normalized spacial score (nSPS) is 10.4. The summed E-state index contributed by atoms with van der Waals surface area (Å²) in [7, 11) is 0. The quantitative estimate of drug-likeness (QED) is 0.947. The second kappa shape index (κ2) is 4.80. The van der Waals surface area contributed by atoms with Crippen molar-refractivity contribution in [2.75, 3.05) is 5.73 Å². The van der Waals surface area contributed by atoms with E-state index in [1.807, 2.05) is 25.1 Å². The van der Waals surface area contributed by atoms with Crippen LogP contribution in [0.2, 0.25) is 0 Å². The number of rotatable bonds is 3. The molecule has 6 heteroatoms. The Morgan fingerprint density at radius 2 is 2.25 bits per heavy atom. The first-order chi connectivity index (χ1) is 7.65. The van der Waals surface area contributed by atoms with Gasteiger partial charge in [-0.3, -0.25) is 0 Å². The molecular weight excluding hydrogens is 290 g/mol. The van der Waals surface area contributed by atoms with E-state index < -0.39 is 0 Å². The lowest BCUT2D eigenvalue weighted by Crippen LogP contribution is -1.96. The van der Waals surface area contributed by atoms with Gasteiger partial charge in [-0.2, -0.15) is 0 Å². The highest BCUT2D eigenvalue weighted by Crippen LogP contribution is 2.24. The van der Waals surface area contributed by atoms with Crippen LogP contribution < -0.4 is 10.5 Å². The number of aromatic nitrogens is 2. The average Bonchev–Trinajstić information content (AvgIpc) is 2.66. The summed E-state index contributed by atoms with van der Waals surface area (Å²) in [5, 5.41) is 8.85. The molecule has 0 amide bonds. The van der Waals surface area contributed by atoms with Crippen LogP contribution in [0.5, 0.6) is 5.75 Å². The Balaban J connectivity index is 2.07. The minimum atomic E-state index is 0.395. The summed E-state index contributed by atoms with van der Waals surface area (Å²) in [4.78, 5) is 0. The van der Waals surface area contributed by atoms with Crippen LogP contribution in [0.1, 0.15) is 10.6 Å². The zero-order valence-electron chi connectivity index (χ0n) is 8.61. The number of hydrogen-bond donors (Lipinski definition) is 1. The average molecular weight is 300 g/mol. The van der Waals surface area contributed by atoms with E-state index in [2.05, 4.69) is 26.1 Å². The van der Waals surface area contributed by atoms with E-state index in [-0.39, 0.29) is 0 Å². The Kier molecular flexibility index (Phi) is 3.40. The zero-order chi connectivity index (χ0) is 11.5. The molecule has 0 aliphatic carbocycles. The van der Waals surface area contributed by atoms with Gasteiger partial charge in [0.1, 0.15) is 12.4 Å². The second-order valence-corrected chi connectivity index (χ2v) is 5.24. The van der Waals surface area contributed by atoms with E-state index >= 15 is 0 Å². The van der Waals surface area contributed by atoms with Gasteiger partial charge in [0.05, 0.1) is 0 Å². The van der Waals surface area contributed by atoms with Gasteiger partial charge in [0.15, 0.2) is 5.01 Å². The van der Waals surface area contributed by atoms with Crippen molar-refractivity contribution in [3.63, 3.8) is 0 Å². The van der Waals surface area contributed by atoms with Gasteiger partial charge in [0.2, 0.25) is 5.13 Å². The summed E-state index contributed by atoms with van der Waals surface area (Å²) in [5.74, 6) is 0.836. The highest BCUT2D eigenvalue weighted by Gasteiger charge is 2.04. The number of aryl methyl sites for hydroxylation is 1. The maximum atomic E-state index is 5.64. The summed E-state index contributed by atoms with van der Waals surface area (Å²) >= 11 is 4.74. The summed E-state index contributed by atoms with van der Waals surface area (Å²) in [5.41, 5.74) is 6.57. The van der Waals surface area contributed by atoms with E-state index in [0.29, 0.717) is 11.7 Å². The van der Waals surface area contributed by atoms with Crippen LogP contribution in [0.3, 0.4) is 0 Å². The Morgan fingerprint density at radius 1 is 1.44 bits per heavy atom. The highest BCUT2D eigenvalue weighted by molar-refractivity contribution is 9.10. The molecule has 0 fully saturated rings. The molecule has 84 valence electrons.